The van der Waals surface area contributed by atoms with Gasteiger partial charge in [-0.1, -0.05) is 23.8 Å². The van der Waals surface area contributed by atoms with Gasteiger partial charge in [0.1, 0.15) is 4.99 Å². The van der Waals surface area contributed by atoms with Crippen LogP contribution in [-0.2, 0) is 4.74 Å². The molecule has 1 aromatic rings. The smallest absolute Gasteiger partial charge is 0.104 e. The third kappa shape index (κ3) is 3.31. The second kappa shape index (κ2) is 5.67. The normalized spacial score (nSPS) is 19.9. The number of hydrogen-bond donors (Lipinski definition) is 2. The monoisotopic (exact) mass is 270 g/mol. The third-order valence-corrected chi connectivity index (χ3v) is 3.32. The van der Waals surface area contributed by atoms with E-state index in [4.69, 9.17) is 34.3 Å². The maximum absolute atomic E-state index is 6.17. The molecule has 92 valence electrons. The molecule has 0 bridgehead atoms. The van der Waals surface area contributed by atoms with Gasteiger partial charge in [-0.15, -0.1) is 0 Å². The summed E-state index contributed by atoms with van der Waals surface area (Å²) in [7, 11) is 0. The van der Waals surface area contributed by atoms with Crippen LogP contribution in [0.3, 0.4) is 0 Å². The lowest BCUT2D eigenvalue weighted by molar-refractivity contribution is 0.0876. The molecule has 3 N–H and O–H groups in total. The van der Waals surface area contributed by atoms with Crippen LogP contribution in [0, 0.1) is 0 Å². The van der Waals surface area contributed by atoms with E-state index in [1.165, 1.54) is 0 Å². The number of benzene rings is 1. The molecule has 5 heteroatoms. The zero-order valence-electron chi connectivity index (χ0n) is 9.41. The lowest BCUT2D eigenvalue weighted by atomic mass is 10.1. The van der Waals surface area contributed by atoms with Crippen LogP contribution in [0.1, 0.15) is 18.4 Å². The molecule has 0 amide bonds. The van der Waals surface area contributed by atoms with Crippen molar-refractivity contribution < 1.29 is 4.74 Å². The van der Waals surface area contributed by atoms with Crippen molar-refractivity contribution in [2.24, 2.45) is 5.73 Å². The van der Waals surface area contributed by atoms with Crippen LogP contribution in [0.15, 0.2) is 18.2 Å². The topological polar surface area (TPSA) is 47.3 Å². The van der Waals surface area contributed by atoms with Crippen LogP contribution in [-0.4, -0.2) is 24.2 Å². The first-order chi connectivity index (χ1) is 8.16. The molecule has 1 heterocycles. The van der Waals surface area contributed by atoms with Gasteiger partial charge in [-0.3, -0.25) is 0 Å². The Labute approximate surface area is 111 Å². The molecular formula is C12H15ClN2OS. The first-order valence-corrected chi connectivity index (χ1v) is 6.39. The Morgan fingerprint density at radius 3 is 2.94 bits per heavy atom. The summed E-state index contributed by atoms with van der Waals surface area (Å²) in [6, 6.07) is 5.90. The number of nitrogens with one attached hydrogen (secondary N) is 1. The van der Waals surface area contributed by atoms with Gasteiger partial charge in [0, 0.05) is 18.2 Å². The van der Waals surface area contributed by atoms with Gasteiger partial charge in [-0.25, -0.2) is 0 Å². The van der Waals surface area contributed by atoms with E-state index in [9.17, 15) is 0 Å². The average molecular weight is 271 g/mol. The van der Waals surface area contributed by atoms with E-state index in [0.29, 0.717) is 16.1 Å². The largest absolute Gasteiger partial charge is 0.389 e. The molecule has 0 saturated carbocycles. The minimum absolute atomic E-state index is 0.330. The standard InChI is InChI=1S/C12H15ClN2OS/c13-10-6-8(12(14)17)3-4-11(10)15-9-2-1-5-16-7-9/h3-4,6,9,15H,1-2,5,7H2,(H2,14,17). The van der Waals surface area contributed by atoms with Crippen LogP contribution in [0.4, 0.5) is 5.69 Å². The number of nitrogens with two attached hydrogens (primary N) is 1. The summed E-state index contributed by atoms with van der Waals surface area (Å²) in [5, 5.41) is 4.01. The molecule has 1 saturated heterocycles. The second-order valence-corrected chi connectivity index (χ2v) is 4.96. The van der Waals surface area contributed by atoms with Gasteiger partial charge in [0.15, 0.2) is 0 Å². The summed E-state index contributed by atoms with van der Waals surface area (Å²) in [5.41, 5.74) is 7.24. The molecule has 1 fully saturated rings. The number of halogens is 1. The van der Waals surface area contributed by atoms with E-state index in [1.807, 2.05) is 12.1 Å². The molecule has 1 unspecified atom stereocenters. The third-order valence-electron chi connectivity index (χ3n) is 2.77. The molecule has 2 rings (SSSR count). The van der Waals surface area contributed by atoms with E-state index in [0.717, 1.165) is 37.3 Å². The maximum Gasteiger partial charge on any atom is 0.104 e. The molecule has 1 aliphatic rings. The lowest BCUT2D eigenvalue weighted by Crippen LogP contribution is -2.30. The molecule has 1 atom stereocenters. The van der Waals surface area contributed by atoms with Crippen molar-refractivity contribution in [3.8, 4) is 0 Å². The van der Waals surface area contributed by atoms with Crippen molar-refractivity contribution in [2.45, 2.75) is 18.9 Å². The average Bonchev–Trinajstić information content (AvgIpc) is 2.33. The van der Waals surface area contributed by atoms with Crippen LogP contribution < -0.4 is 11.1 Å². The van der Waals surface area contributed by atoms with Crippen LogP contribution >= 0.6 is 23.8 Å². The first kappa shape index (κ1) is 12.6. The fourth-order valence-corrected chi connectivity index (χ4v) is 2.22. The quantitative estimate of drug-likeness (QED) is 0.829. The van der Waals surface area contributed by atoms with Crippen molar-refractivity contribution in [1.82, 2.24) is 0 Å². The van der Waals surface area contributed by atoms with E-state index in [2.05, 4.69) is 5.32 Å². The fraction of sp³-hybridized carbons (Fsp3) is 0.417. The highest BCUT2D eigenvalue weighted by atomic mass is 35.5. The highest BCUT2D eigenvalue weighted by Gasteiger charge is 2.14. The van der Waals surface area contributed by atoms with Crippen molar-refractivity contribution in [3.63, 3.8) is 0 Å². The van der Waals surface area contributed by atoms with Gasteiger partial charge in [0.2, 0.25) is 0 Å². The number of anilines is 1. The van der Waals surface area contributed by atoms with Gasteiger partial charge in [0.25, 0.3) is 0 Å². The van der Waals surface area contributed by atoms with Crippen molar-refractivity contribution in [1.29, 1.82) is 0 Å². The fourth-order valence-electron chi connectivity index (χ4n) is 1.86. The predicted octanol–water partition coefficient (Wildman–Crippen LogP) is 2.57. The Balaban J connectivity index is 2.08. The van der Waals surface area contributed by atoms with E-state index >= 15 is 0 Å². The van der Waals surface area contributed by atoms with Crippen LogP contribution in [0.25, 0.3) is 0 Å². The minimum Gasteiger partial charge on any atom is -0.389 e. The second-order valence-electron chi connectivity index (χ2n) is 4.12. The summed E-state index contributed by atoms with van der Waals surface area (Å²) in [6.07, 6.45) is 2.19. The number of rotatable bonds is 3. The molecule has 0 aliphatic carbocycles. The Morgan fingerprint density at radius 1 is 1.53 bits per heavy atom. The zero-order chi connectivity index (χ0) is 12.3. The van der Waals surface area contributed by atoms with E-state index < -0.39 is 0 Å². The molecular weight excluding hydrogens is 256 g/mol. The minimum atomic E-state index is 0.330. The highest BCUT2D eigenvalue weighted by molar-refractivity contribution is 7.80. The number of hydrogen-bond acceptors (Lipinski definition) is 3. The zero-order valence-corrected chi connectivity index (χ0v) is 11.0. The summed E-state index contributed by atoms with van der Waals surface area (Å²) >= 11 is 11.1. The molecule has 1 aliphatic heterocycles. The molecule has 0 aromatic heterocycles. The van der Waals surface area contributed by atoms with Crippen LogP contribution in [0.2, 0.25) is 5.02 Å². The Kier molecular flexibility index (Phi) is 4.20. The van der Waals surface area contributed by atoms with Gasteiger partial charge in [-0.05, 0) is 31.0 Å². The Bertz CT molecular complexity index is 419. The van der Waals surface area contributed by atoms with E-state index in [1.54, 1.807) is 6.07 Å². The molecule has 17 heavy (non-hydrogen) atoms. The molecule has 1 aromatic carbocycles. The lowest BCUT2D eigenvalue weighted by Gasteiger charge is -2.24. The summed E-state index contributed by atoms with van der Waals surface area (Å²) in [4.78, 5) is 0.361. The SMILES string of the molecule is NC(=S)c1ccc(NC2CCCOC2)c(Cl)c1. The van der Waals surface area contributed by atoms with Crippen molar-refractivity contribution >= 4 is 34.5 Å². The van der Waals surface area contributed by atoms with Gasteiger partial charge in [0.05, 0.1) is 17.3 Å². The summed E-state index contributed by atoms with van der Waals surface area (Å²) in [6.45, 7) is 1.58. The van der Waals surface area contributed by atoms with Crippen molar-refractivity contribution in [3.05, 3.63) is 28.8 Å². The van der Waals surface area contributed by atoms with Gasteiger partial charge < -0.3 is 15.8 Å². The van der Waals surface area contributed by atoms with Gasteiger partial charge >= 0.3 is 0 Å². The maximum atomic E-state index is 6.17. The van der Waals surface area contributed by atoms with E-state index in [-0.39, 0.29) is 0 Å². The number of thiocarbonyl (C=S) groups is 1. The summed E-state index contributed by atoms with van der Waals surface area (Å²) < 4.78 is 5.41. The predicted molar refractivity (Wildman–Crippen MR) is 74.8 cm³/mol. The number of ether oxygens (including phenoxy) is 1. The van der Waals surface area contributed by atoms with Crippen molar-refractivity contribution in [2.75, 3.05) is 18.5 Å². The first-order valence-electron chi connectivity index (χ1n) is 5.60. The summed E-state index contributed by atoms with van der Waals surface area (Å²) in [5.74, 6) is 0. The molecule has 0 spiro atoms. The molecule has 0 radical (unpaired) electrons. The Hall–Kier alpha value is -0.840. The van der Waals surface area contributed by atoms with Gasteiger partial charge in [-0.2, -0.15) is 0 Å². The molecule has 3 nitrogen and oxygen atoms in total. The highest BCUT2D eigenvalue weighted by Crippen LogP contribution is 2.25. The Morgan fingerprint density at radius 2 is 2.35 bits per heavy atom. The van der Waals surface area contributed by atoms with Crippen LogP contribution in [0.5, 0.6) is 0 Å².